The zero-order valence-corrected chi connectivity index (χ0v) is 12.0. The van der Waals surface area contributed by atoms with Crippen LogP contribution in [0.15, 0.2) is 4.47 Å². The van der Waals surface area contributed by atoms with Crippen LogP contribution in [0.2, 0.25) is 0 Å². The third-order valence-corrected chi connectivity index (χ3v) is 3.37. The summed E-state index contributed by atoms with van der Waals surface area (Å²) in [5.74, 6) is 1.49. The molecule has 90 valence electrons. The molecule has 0 spiro atoms. The van der Waals surface area contributed by atoms with E-state index in [9.17, 15) is 0 Å². The van der Waals surface area contributed by atoms with E-state index in [1.54, 1.807) is 7.11 Å². The Labute approximate surface area is 105 Å². The van der Waals surface area contributed by atoms with Gasteiger partial charge in [-0.05, 0) is 36.2 Å². The lowest BCUT2D eigenvalue weighted by atomic mass is 10.1. The van der Waals surface area contributed by atoms with Gasteiger partial charge in [-0.2, -0.15) is 0 Å². The first-order valence-corrected chi connectivity index (χ1v) is 6.05. The average Bonchev–Trinajstić information content (AvgIpc) is 2.29. The highest BCUT2D eigenvalue weighted by molar-refractivity contribution is 9.10. The number of hydrogen-bond acceptors (Lipinski definition) is 4. The first-order valence-electron chi connectivity index (χ1n) is 5.26. The maximum Gasteiger partial charge on any atom is 0.162 e. The fourth-order valence-corrected chi connectivity index (χ4v) is 1.91. The Bertz CT molecular complexity index is 354. The van der Waals surface area contributed by atoms with Crippen molar-refractivity contribution >= 4 is 21.7 Å². The number of methoxy groups -OCH3 is 1. The van der Waals surface area contributed by atoms with Crippen LogP contribution in [-0.2, 0) is 16.8 Å². The minimum absolute atomic E-state index is 0.476. The molecule has 1 N–H and O–H groups in total. The van der Waals surface area contributed by atoms with Gasteiger partial charge in [-0.1, -0.05) is 6.92 Å². The zero-order valence-electron chi connectivity index (χ0n) is 10.4. The summed E-state index contributed by atoms with van der Waals surface area (Å²) in [4.78, 5) is 8.97. The molecule has 0 atom stereocenters. The Hall–Kier alpha value is -0.680. The minimum atomic E-state index is -0.476. The van der Waals surface area contributed by atoms with Crippen LogP contribution in [0.3, 0.4) is 0 Å². The van der Waals surface area contributed by atoms with Gasteiger partial charge < -0.3 is 10.1 Å². The second-order valence-electron chi connectivity index (χ2n) is 3.97. The molecule has 0 saturated heterocycles. The lowest BCUT2D eigenvalue weighted by molar-refractivity contribution is 0.0114. The second kappa shape index (κ2) is 5.10. The fraction of sp³-hybridized carbons (Fsp3) is 0.636. The molecule has 1 rings (SSSR count). The number of rotatable bonds is 4. The van der Waals surface area contributed by atoms with E-state index in [2.05, 4.69) is 38.1 Å². The van der Waals surface area contributed by atoms with Gasteiger partial charge in [0.2, 0.25) is 0 Å². The highest BCUT2D eigenvalue weighted by atomic mass is 79.9. The summed E-state index contributed by atoms with van der Waals surface area (Å²) in [5.41, 5.74) is 0.510. The molecular weight excluding hydrogens is 270 g/mol. The Balaban J connectivity index is 3.32. The van der Waals surface area contributed by atoms with Crippen molar-refractivity contribution in [3.05, 3.63) is 16.0 Å². The Morgan fingerprint density at radius 3 is 2.44 bits per heavy atom. The predicted molar refractivity (Wildman–Crippen MR) is 68.7 cm³/mol. The van der Waals surface area contributed by atoms with Crippen LogP contribution >= 0.6 is 15.9 Å². The monoisotopic (exact) mass is 287 g/mol. The molecule has 0 fully saturated rings. The minimum Gasteiger partial charge on any atom is -0.372 e. The number of halogens is 1. The predicted octanol–water partition coefficient (Wildman–Crippen LogP) is 2.72. The van der Waals surface area contributed by atoms with E-state index in [0.717, 1.165) is 22.4 Å². The van der Waals surface area contributed by atoms with Gasteiger partial charge in [-0.3, -0.25) is 0 Å². The summed E-state index contributed by atoms with van der Waals surface area (Å²) < 4.78 is 6.32. The molecule has 1 heterocycles. The van der Waals surface area contributed by atoms with E-state index in [4.69, 9.17) is 4.74 Å². The molecule has 1 aromatic rings. The lowest BCUT2D eigenvalue weighted by Crippen LogP contribution is -2.24. The molecular formula is C11H18BrN3O. The number of anilines is 1. The Morgan fingerprint density at radius 1 is 1.38 bits per heavy atom. The molecule has 0 aliphatic carbocycles. The van der Waals surface area contributed by atoms with Crippen molar-refractivity contribution in [1.29, 1.82) is 0 Å². The van der Waals surface area contributed by atoms with Crippen LogP contribution < -0.4 is 5.32 Å². The topological polar surface area (TPSA) is 47.0 Å². The Morgan fingerprint density at radius 2 is 2.00 bits per heavy atom. The molecule has 1 aromatic heterocycles. The van der Waals surface area contributed by atoms with Gasteiger partial charge in [0.1, 0.15) is 11.4 Å². The number of aryl methyl sites for hydroxylation is 1. The second-order valence-corrected chi connectivity index (χ2v) is 4.77. The van der Waals surface area contributed by atoms with Crippen LogP contribution in [0.4, 0.5) is 5.82 Å². The number of nitrogens with zero attached hydrogens (tertiary/aromatic N) is 2. The highest BCUT2D eigenvalue weighted by Gasteiger charge is 2.25. The van der Waals surface area contributed by atoms with Gasteiger partial charge in [0.05, 0.1) is 10.2 Å². The molecule has 0 radical (unpaired) electrons. The van der Waals surface area contributed by atoms with Crippen LogP contribution in [-0.4, -0.2) is 24.1 Å². The number of hydrogen-bond donors (Lipinski definition) is 1. The van der Waals surface area contributed by atoms with E-state index in [1.807, 2.05) is 20.9 Å². The van der Waals surface area contributed by atoms with Gasteiger partial charge in [-0.25, -0.2) is 9.97 Å². The van der Waals surface area contributed by atoms with Gasteiger partial charge in [0.15, 0.2) is 5.82 Å². The summed E-state index contributed by atoms with van der Waals surface area (Å²) in [6.07, 6.45) is 0.852. The molecule has 0 bridgehead atoms. The molecule has 4 nitrogen and oxygen atoms in total. The first-order chi connectivity index (χ1) is 7.46. The van der Waals surface area contributed by atoms with Crippen LogP contribution in [0.1, 0.15) is 32.3 Å². The van der Waals surface area contributed by atoms with Gasteiger partial charge in [0, 0.05) is 14.2 Å². The maximum absolute atomic E-state index is 5.39. The zero-order chi connectivity index (χ0) is 12.3. The van der Waals surface area contributed by atoms with E-state index < -0.39 is 5.60 Å². The van der Waals surface area contributed by atoms with Crippen molar-refractivity contribution in [1.82, 2.24) is 9.97 Å². The number of nitrogens with one attached hydrogen (secondary N) is 1. The van der Waals surface area contributed by atoms with Crippen molar-refractivity contribution in [2.45, 2.75) is 32.8 Å². The highest BCUT2D eigenvalue weighted by Crippen LogP contribution is 2.28. The molecule has 0 saturated carbocycles. The third-order valence-electron chi connectivity index (χ3n) is 2.54. The van der Waals surface area contributed by atoms with Crippen molar-refractivity contribution in [2.75, 3.05) is 19.5 Å². The number of aromatic nitrogens is 2. The average molecular weight is 288 g/mol. The van der Waals surface area contributed by atoms with Crippen molar-refractivity contribution in [2.24, 2.45) is 0 Å². The fourth-order valence-electron chi connectivity index (χ4n) is 1.25. The van der Waals surface area contributed by atoms with Gasteiger partial charge in [0.25, 0.3) is 0 Å². The van der Waals surface area contributed by atoms with Crippen LogP contribution in [0, 0.1) is 0 Å². The van der Waals surface area contributed by atoms with E-state index in [0.29, 0.717) is 5.82 Å². The SMILES string of the molecule is CCc1nc(C(C)(C)OC)nc(NC)c1Br. The third kappa shape index (κ3) is 2.52. The summed E-state index contributed by atoms with van der Waals surface area (Å²) in [5, 5.41) is 3.05. The summed E-state index contributed by atoms with van der Waals surface area (Å²) >= 11 is 3.50. The quantitative estimate of drug-likeness (QED) is 0.925. The molecule has 0 aromatic carbocycles. The maximum atomic E-state index is 5.39. The van der Waals surface area contributed by atoms with E-state index in [-0.39, 0.29) is 0 Å². The summed E-state index contributed by atoms with van der Waals surface area (Å²) in [7, 11) is 3.51. The molecule has 16 heavy (non-hydrogen) atoms. The van der Waals surface area contributed by atoms with Crippen LogP contribution in [0.25, 0.3) is 0 Å². The smallest absolute Gasteiger partial charge is 0.162 e. The van der Waals surface area contributed by atoms with Gasteiger partial charge in [-0.15, -0.1) is 0 Å². The molecule has 0 unspecified atom stereocenters. The molecule has 0 aliphatic rings. The lowest BCUT2D eigenvalue weighted by Gasteiger charge is -2.22. The first kappa shape index (κ1) is 13.4. The standard InChI is InChI=1S/C11H18BrN3O/c1-6-7-8(12)9(13-4)15-10(14-7)11(2,3)16-5/h6H2,1-5H3,(H,13,14,15). The van der Waals surface area contributed by atoms with Crippen LogP contribution in [0.5, 0.6) is 0 Å². The summed E-state index contributed by atoms with van der Waals surface area (Å²) in [6.45, 7) is 5.97. The normalized spacial score (nSPS) is 11.6. The van der Waals surface area contributed by atoms with E-state index >= 15 is 0 Å². The molecule has 5 heteroatoms. The summed E-state index contributed by atoms with van der Waals surface area (Å²) in [6, 6.07) is 0. The van der Waals surface area contributed by atoms with Crippen molar-refractivity contribution in [3.63, 3.8) is 0 Å². The van der Waals surface area contributed by atoms with Crippen molar-refractivity contribution in [3.8, 4) is 0 Å². The largest absolute Gasteiger partial charge is 0.372 e. The van der Waals surface area contributed by atoms with E-state index in [1.165, 1.54) is 0 Å². The molecule has 0 aliphatic heterocycles. The van der Waals surface area contributed by atoms with Crippen molar-refractivity contribution < 1.29 is 4.74 Å². The Kier molecular flexibility index (Phi) is 4.27. The molecule has 0 amide bonds. The van der Waals surface area contributed by atoms with Gasteiger partial charge >= 0.3 is 0 Å². The number of ether oxygens (including phenoxy) is 1.